The molecule has 172 valence electrons. The molecule has 0 aromatic carbocycles. The van der Waals surface area contributed by atoms with Gasteiger partial charge < -0.3 is 20.1 Å². The molecule has 0 aromatic heterocycles. The van der Waals surface area contributed by atoms with E-state index in [9.17, 15) is 19.0 Å². The van der Waals surface area contributed by atoms with Gasteiger partial charge in [-0.1, -0.05) is 58.8 Å². The first-order valence-electron chi connectivity index (χ1n) is 10.5. The Morgan fingerprint density at radius 3 is 2.14 bits per heavy atom. The molecule has 0 amide bonds. The molecule has 9 nitrogen and oxygen atoms in total. The van der Waals surface area contributed by atoms with Crippen LogP contribution >= 0.6 is 7.82 Å². The maximum absolute atomic E-state index is 12.0. The Morgan fingerprint density at radius 1 is 0.931 bits per heavy atom. The molecule has 0 rings (SSSR count). The van der Waals surface area contributed by atoms with E-state index in [1.807, 2.05) is 0 Å². The minimum absolute atomic E-state index is 0.0546. The van der Waals surface area contributed by atoms with Crippen molar-refractivity contribution in [1.82, 2.24) is 0 Å². The van der Waals surface area contributed by atoms with Crippen LogP contribution in [0.5, 0.6) is 0 Å². The first-order valence-corrected chi connectivity index (χ1v) is 12.0. The molecule has 0 radical (unpaired) electrons. The second-order valence-electron chi connectivity index (χ2n) is 6.76. The smallest absolute Gasteiger partial charge is 0.462 e. The maximum atomic E-state index is 12.0. The van der Waals surface area contributed by atoms with Crippen LogP contribution in [0.15, 0.2) is 0 Å². The highest BCUT2D eigenvalue weighted by molar-refractivity contribution is 7.47. The number of unbranched alkanes of at least 4 members (excludes halogenated alkanes) is 7. The number of hydrogen-bond donors (Lipinski definition) is 2. The van der Waals surface area contributed by atoms with Gasteiger partial charge >= 0.3 is 19.8 Å². The molecule has 1 unspecified atom stereocenters. The Bertz CT molecular complexity index is 489. The SMILES string of the molecule is CCCCCCCCCCC(=O)O[C@H](COC(=O)CC)COP(=O)(O)OCCN. The molecule has 0 aliphatic carbocycles. The highest BCUT2D eigenvalue weighted by atomic mass is 31.2. The zero-order valence-electron chi connectivity index (χ0n) is 17.8. The number of hydrogen-bond acceptors (Lipinski definition) is 8. The van der Waals surface area contributed by atoms with Crippen molar-refractivity contribution >= 4 is 19.8 Å². The largest absolute Gasteiger partial charge is 0.472 e. The van der Waals surface area contributed by atoms with Gasteiger partial charge in [0.05, 0.1) is 13.2 Å². The number of nitrogens with two attached hydrogens (primary N) is 1. The third kappa shape index (κ3) is 17.6. The summed E-state index contributed by atoms with van der Waals surface area (Å²) in [6, 6.07) is 0. The monoisotopic (exact) mass is 439 g/mol. The summed E-state index contributed by atoms with van der Waals surface area (Å²) in [5.41, 5.74) is 5.21. The summed E-state index contributed by atoms with van der Waals surface area (Å²) in [5.74, 6) is -0.937. The molecule has 0 saturated heterocycles. The summed E-state index contributed by atoms with van der Waals surface area (Å²) >= 11 is 0. The Kier molecular flexibility index (Phi) is 17.2. The molecule has 0 saturated carbocycles. The molecule has 0 aliphatic heterocycles. The summed E-state index contributed by atoms with van der Waals surface area (Å²) in [6.45, 7) is 3.02. The Labute approximate surface area is 174 Å². The molecule has 0 spiro atoms. The summed E-state index contributed by atoms with van der Waals surface area (Å²) in [7, 11) is -4.31. The van der Waals surface area contributed by atoms with E-state index in [1.54, 1.807) is 6.92 Å². The summed E-state index contributed by atoms with van der Waals surface area (Å²) < 4.78 is 31.4. The minimum atomic E-state index is -4.31. The molecule has 0 heterocycles. The van der Waals surface area contributed by atoms with Crippen molar-refractivity contribution in [2.24, 2.45) is 5.73 Å². The first kappa shape index (κ1) is 28.0. The predicted octanol–water partition coefficient (Wildman–Crippen LogP) is 3.47. The Morgan fingerprint density at radius 2 is 1.55 bits per heavy atom. The lowest BCUT2D eigenvalue weighted by Crippen LogP contribution is -2.29. The Balaban J connectivity index is 4.27. The van der Waals surface area contributed by atoms with Crippen molar-refractivity contribution in [2.75, 3.05) is 26.4 Å². The normalized spacial score (nSPS) is 14.2. The lowest BCUT2D eigenvalue weighted by Gasteiger charge is -2.19. The van der Waals surface area contributed by atoms with E-state index in [0.717, 1.165) is 19.3 Å². The number of ether oxygens (including phenoxy) is 2. The second-order valence-corrected chi connectivity index (χ2v) is 8.21. The molecule has 10 heteroatoms. The van der Waals surface area contributed by atoms with Gasteiger partial charge in [-0.25, -0.2) is 4.57 Å². The van der Waals surface area contributed by atoms with E-state index in [1.165, 1.54) is 25.7 Å². The molecule has 0 aromatic rings. The topological polar surface area (TPSA) is 134 Å². The van der Waals surface area contributed by atoms with E-state index in [0.29, 0.717) is 6.42 Å². The predicted molar refractivity (Wildman–Crippen MR) is 109 cm³/mol. The van der Waals surface area contributed by atoms with Crippen LogP contribution in [0.2, 0.25) is 0 Å². The molecular formula is C19H38NO8P. The van der Waals surface area contributed by atoms with Crippen molar-refractivity contribution in [1.29, 1.82) is 0 Å². The standard InChI is InChI=1S/C19H38NO8P/c1-3-5-6-7-8-9-10-11-12-19(22)28-17(15-25-18(21)4-2)16-27-29(23,24)26-14-13-20/h17H,3-16,20H2,1-2H3,(H,23,24)/t17-/m1/s1. The van der Waals surface area contributed by atoms with Gasteiger partial charge in [0.25, 0.3) is 0 Å². The molecule has 2 atom stereocenters. The summed E-state index contributed by atoms with van der Waals surface area (Å²) in [6.07, 6.45) is 8.22. The fraction of sp³-hybridized carbons (Fsp3) is 0.895. The van der Waals surface area contributed by atoms with Gasteiger partial charge in [-0.2, -0.15) is 0 Å². The van der Waals surface area contributed by atoms with E-state index < -0.39 is 32.5 Å². The van der Waals surface area contributed by atoms with Gasteiger partial charge in [0.2, 0.25) is 0 Å². The van der Waals surface area contributed by atoms with Crippen molar-refractivity contribution in [3.05, 3.63) is 0 Å². The Hall–Kier alpha value is -0.990. The highest BCUT2D eigenvalue weighted by Crippen LogP contribution is 2.43. The van der Waals surface area contributed by atoms with Crippen LogP contribution < -0.4 is 5.73 Å². The number of carbonyl (C=O) groups is 2. The third-order valence-corrected chi connectivity index (χ3v) is 5.03. The van der Waals surface area contributed by atoms with Crippen molar-refractivity contribution in [3.8, 4) is 0 Å². The lowest BCUT2D eigenvalue weighted by atomic mass is 10.1. The van der Waals surface area contributed by atoms with Crippen LogP contribution in [0.1, 0.15) is 78.1 Å². The van der Waals surface area contributed by atoms with E-state index in [4.69, 9.17) is 19.7 Å². The zero-order valence-corrected chi connectivity index (χ0v) is 18.7. The van der Waals surface area contributed by atoms with Crippen LogP contribution in [0.4, 0.5) is 0 Å². The molecule has 0 bridgehead atoms. The number of esters is 2. The van der Waals surface area contributed by atoms with Gasteiger partial charge in [-0.3, -0.25) is 18.6 Å². The molecule has 29 heavy (non-hydrogen) atoms. The minimum Gasteiger partial charge on any atom is -0.462 e. The number of rotatable bonds is 19. The third-order valence-electron chi connectivity index (χ3n) is 4.05. The second kappa shape index (κ2) is 17.8. The van der Waals surface area contributed by atoms with Crippen LogP contribution in [0.3, 0.4) is 0 Å². The van der Waals surface area contributed by atoms with E-state index in [-0.39, 0.29) is 32.6 Å². The van der Waals surface area contributed by atoms with Crippen molar-refractivity contribution in [2.45, 2.75) is 84.2 Å². The summed E-state index contributed by atoms with van der Waals surface area (Å²) in [5, 5.41) is 0. The first-order chi connectivity index (χ1) is 13.8. The lowest BCUT2D eigenvalue weighted by molar-refractivity contribution is -0.161. The van der Waals surface area contributed by atoms with Crippen molar-refractivity contribution in [3.63, 3.8) is 0 Å². The number of carbonyl (C=O) groups excluding carboxylic acids is 2. The molecule has 3 N–H and O–H groups in total. The van der Waals surface area contributed by atoms with Crippen LogP contribution in [0, 0.1) is 0 Å². The molecule has 0 aliphatic rings. The average molecular weight is 439 g/mol. The number of phosphoric ester groups is 1. The van der Waals surface area contributed by atoms with Crippen LogP contribution in [-0.2, 0) is 32.7 Å². The molecular weight excluding hydrogens is 401 g/mol. The van der Waals surface area contributed by atoms with Crippen LogP contribution in [0.25, 0.3) is 0 Å². The average Bonchev–Trinajstić information content (AvgIpc) is 2.70. The van der Waals surface area contributed by atoms with Crippen LogP contribution in [-0.4, -0.2) is 49.3 Å². The summed E-state index contributed by atoms with van der Waals surface area (Å²) in [4.78, 5) is 32.9. The molecule has 0 fully saturated rings. The fourth-order valence-electron chi connectivity index (χ4n) is 2.43. The fourth-order valence-corrected chi connectivity index (χ4v) is 3.20. The van der Waals surface area contributed by atoms with Gasteiger partial charge in [-0.15, -0.1) is 0 Å². The van der Waals surface area contributed by atoms with Crippen molar-refractivity contribution < 1.29 is 37.6 Å². The highest BCUT2D eigenvalue weighted by Gasteiger charge is 2.25. The maximum Gasteiger partial charge on any atom is 0.472 e. The van der Waals surface area contributed by atoms with Gasteiger partial charge in [0.15, 0.2) is 6.10 Å². The van der Waals surface area contributed by atoms with Gasteiger partial charge in [0, 0.05) is 19.4 Å². The van der Waals surface area contributed by atoms with E-state index >= 15 is 0 Å². The van der Waals surface area contributed by atoms with Gasteiger partial charge in [0.1, 0.15) is 6.61 Å². The number of phosphoric acid groups is 1. The quantitative estimate of drug-likeness (QED) is 0.176. The van der Waals surface area contributed by atoms with Gasteiger partial charge in [-0.05, 0) is 6.42 Å². The van der Waals surface area contributed by atoms with E-state index in [2.05, 4.69) is 11.4 Å². The zero-order chi connectivity index (χ0) is 22.0.